The van der Waals surface area contributed by atoms with E-state index in [9.17, 15) is 10.1 Å². The molecule has 1 N–H and O–H groups in total. The van der Waals surface area contributed by atoms with Crippen LogP contribution in [-0.4, -0.2) is 15.9 Å². The van der Waals surface area contributed by atoms with Gasteiger partial charge in [-0.05, 0) is 19.4 Å². The first-order chi connectivity index (χ1) is 7.13. The van der Waals surface area contributed by atoms with Crippen LogP contribution in [0.5, 0.6) is 0 Å². The molecule has 1 heterocycles. The Morgan fingerprint density at radius 1 is 1.73 bits per heavy atom. The molecule has 1 atom stereocenters. The van der Waals surface area contributed by atoms with Crippen LogP contribution in [0.1, 0.15) is 13.3 Å². The van der Waals surface area contributed by atoms with Gasteiger partial charge in [0.25, 0.3) is 5.69 Å². The van der Waals surface area contributed by atoms with Gasteiger partial charge in [0.15, 0.2) is 0 Å². The molecule has 0 fully saturated rings. The summed E-state index contributed by atoms with van der Waals surface area (Å²) in [7, 11) is 0. The minimum absolute atomic E-state index is 0.00285. The lowest BCUT2D eigenvalue weighted by atomic mass is 10.2. The Kier molecular flexibility index (Phi) is 3.79. The Morgan fingerprint density at radius 3 is 2.93 bits per heavy atom. The van der Waals surface area contributed by atoms with Crippen LogP contribution in [0.15, 0.2) is 31.0 Å². The Morgan fingerprint density at radius 2 is 2.47 bits per heavy atom. The molecule has 0 bridgehead atoms. The largest absolute Gasteiger partial charge is 0.367 e. The third kappa shape index (κ3) is 3.38. The van der Waals surface area contributed by atoms with Crippen molar-refractivity contribution in [1.29, 1.82) is 0 Å². The van der Waals surface area contributed by atoms with Crippen LogP contribution in [0.4, 0.5) is 11.5 Å². The lowest BCUT2D eigenvalue weighted by Crippen LogP contribution is -2.14. The number of nitrogens with one attached hydrogen (secondary N) is 1. The standard InChI is InChI=1S/C10H13N3O2/c1-3-4-8(2)12-10-6-5-9(7-11-10)13(14)15/h3,5-8H,1,4H2,2H3,(H,11,12). The van der Waals surface area contributed by atoms with Gasteiger partial charge < -0.3 is 5.32 Å². The number of aromatic nitrogens is 1. The third-order valence-corrected chi connectivity index (χ3v) is 1.87. The van der Waals surface area contributed by atoms with Crippen molar-refractivity contribution in [2.75, 3.05) is 5.32 Å². The lowest BCUT2D eigenvalue weighted by Gasteiger charge is -2.11. The number of rotatable bonds is 5. The normalized spacial score (nSPS) is 11.8. The smallest absolute Gasteiger partial charge is 0.287 e. The molecule has 5 heteroatoms. The zero-order chi connectivity index (χ0) is 11.3. The number of hydrogen-bond donors (Lipinski definition) is 1. The Labute approximate surface area is 88.0 Å². The molecule has 0 aromatic carbocycles. The molecule has 0 radical (unpaired) electrons. The van der Waals surface area contributed by atoms with Crippen LogP contribution < -0.4 is 5.32 Å². The number of anilines is 1. The van der Waals surface area contributed by atoms with E-state index in [0.717, 1.165) is 6.42 Å². The molecular weight excluding hydrogens is 194 g/mol. The molecule has 80 valence electrons. The van der Waals surface area contributed by atoms with Gasteiger partial charge in [-0.25, -0.2) is 4.98 Å². The van der Waals surface area contributed by atoms with Gasteiger partial charge in [-0.2, -0.15) is 0 Å². The van der Waals surface area contributed by atoms with Crippen molar-refractivity contribution in [2.24, 2.45) is 0 Å². The summed E-state index contributed by atoms with van der Waals surface area (Å²) in [5, 5.41) is 13.5. The molecule has 1 aromatic rings. The number of nitrogens with zero attached hydrogens (tertiary/aromatic N) is 2. The molecule has 0 aliphatic carbocycles. The molecule has 0 aliphatic rings. The highest BCUT2D eigenvalue weighted by atomic mass is 16.6. The summed E-state index contributed by atoms with van der Waals surface area (Å²) in [4.78, 5) is 13.8. The topological polar surface area (TPSA) is 68.1 Å². The van der Waals surface area contributed by atoms with E-state index in [-0.39, 0.29) is 11.7 Å². The van der Waals surface area contributed by atoms with Crippen molar-refractivity contribution in [1.82, 2.24) is 4.98 Å². The van der Waals surface area contributed by atoms with E-state index in [1.54, 1.807) is 6.07 Å². The van der Waals surface area contributed by atoms with Gasteiger partial charge in [0.1, 0.15) is 12.0 Å². The quantitative estimate of drug-likeness (QED) is 0.457. The van der Waals surface area contributed by atoms with Crippen LogP contribution in [-0.2, 0) is 0 Å². The molecule has 0 amide bonds. The highest BCUT2D eigenvalue weighted by Crippen LogP contribution is 2.12. The van der Waals surface area contributed by atoms with Gasteiger partial charge in [-0.3, -0.25) is 10.1 Å². The monoisotopic (exact) mass is 207 g/mol. The number of pyridine rings is 1. The minimum atomic E-state index is -0.468. The van der Waals surface area contributed by atoms with Gasteiger partial charge in [0.05, 0.1) is 4.92 Å². The molecule has 0 saturated carbocycles. The maximum absolute atomic E-state index is 10.4. The van der Waals surface area contributed by atoms with E-state index < -0.39 is 4.92 Å². The maximum atomic E-state index is 10.4. The summed E-state index contributed by atoms with van der Waals surface area (Å²) in [5.74, 6) is 0.634. The molecular formula is C10H13N3O2. The van der Waals surface area contributed by atoms with Crippen LogP contribution in [0, 0.1) is 10.1 Å². The van der Waals surface area contributed by atoms with Gasteiger partial charge >= 0.3 is 0 Å². The van der Waals surface area contributed by atoms with Crippen molar-refractivity contribution in [3.8, 4) is 0 Å². The minimum Gasteiger partial charge on any atom is -0.367 e. The zero-order valence-corrected chi connectivity index (χ0v) is 8.51. The predicted molar refractivity (Wildman–Crippen MR) is 58.8 cm³/mol. The average molecular weight is 207 g/mol. The fourth-order valence-electron chi connectivity index (χ4n) is 1.14. The second kappa shape index (κ2) is 5.09. The molecule has 15 heavy (non-hydrogen) atoms. The fraction of sp³-hybridized carbons (Fsp3) is 0.300. The van der Waals surface area contributed by atoms with Gasteiger partial charge in [-0.15, -0.1) is 6.58 Å². The molecule has 0 aliphatic heterocycles. The molecule has 0 saturated heterocycles. The first-order valence-corrected chi connectivity index (χ1v) is 4.61. The average Bonchev–Trinajstić information content (AvgIpc) is 2.18. The SMILES string of the molecule is C=CCC(C)Nc1ccc([N+](=O)[O-])cn1. The van der Waals surface area contributed by atoms with Crippen molar-refractivity contribution in [3.05, 3.63) is 41.1 Å². The fourth-order valence-corrected chi connectivity index (χ4v) is 1.14. The predicted octanol–water partition coefficient (Wildman–Crippen LogP) is 2.37. The van der Waals surface area contributed by atoms with E-state index in [2.05, 4.69) is 16.9 Å². The Hall–Kier alpha value is -1.91. The van der Waals surface area contributed by atoms with Crippen LogP contribution in [0.2, 0.25) is 0 Å². The Bertz CT molecular complexity index is 348. The van der Waals surface area contributed by atoms with Crippen molar-refractivity contribution < 1.29 is 4.92 Å². The van der Waals surface area contributed by atoms with E-state index >= 15 is 0 Å². The summed E-state index contributed by atoms with van der Waals surface area (Å²) < 4.78 is 0. The van der Waals surface area contributed by atoms with E-state index in [1.807, 2.05) is 13.0 Å². The molecule has 1 aromatic heterocycles. The second-order valence-corrected chi connectivity index (χ2v) is 3.23. The zero-order valence-electron chi connectivity index (χ0n) is 8.51. The first-order valence-electron chi connectivity index (χ1n) is 4.61. The van der Waals surface area contributed by atoms with Crippen molar-refractivity contribution in [2.45, 2.75) is 19.4 Å². The van der Waals surface area contributed by atoms with Crippen LogP contribution >= 0.6 is 0 Å². The third-order valence-electron chi connectivity index (χ3n) is 1.87. The summed E-state index contributed by atoms with van der Waals surface area (Å²) in [5.41, 5.74) is -0.00285. The van der Waals surface area contributed by atoms with Crippen LogP contribution in [0.25, 0.3) is 0 Å². The van der Waals surface area contributed by atoms with Crippen molar-refractivity contribution >= 4 is 11.5 Å². The van der Waals surface area contributed by atoms with E-state index in [4.69, 9.17) is 0 Å². The summed E-state index contributed by atoms with van der Waals surface area (Å²) >= 11 is 0. The number of nitro groups is 1. The Balaban J connectivity index is 2.64. The molecule has 1 rings (SSSR count). The number of hydrogen-bond acceptors (Lipinski definition) is 4. The first kappa shape index (κ1) is 11.2. The molecule has 5 nitrogen and oxygen atoms in total. The summed E-state index contributed by atoms with van der Waals surface area (Å²) in [6.07, 6.45) is 3.87. The van der Waals surface area contributed by atoms with Gasteiger partial charge in [0, 0.05) is 12.1 Å². The van der Waals surface area contributed by atoms with Gasteiger partial charge in [0.2, 0.25) is 0 Å². The lowest BCUT2D eigenvalue weighted by molar-refractivity contribution is -0.385. The second-order valence-electron chi connectivity index (χ2n) is 3.23. The highest BCUT2D eigenvalue weighted by Gasteiger charge is 2.06. The van der Waals surface area contributed by atoms with E-state index in [0.29, 0.717) is 5.82 Å². The highest BCUT2D eigenvalue weighted by molar-refractivity contribution is 5.40. The summed E-state index contributed by atoms with van der Waals surface area (Å²) in [6, 6.07) is 3.24. The molecule has 0 spiro atoms. The molecule has 1 unspecified atom stereocenters. The van der Waals surface area contributed by atoms with E-state index in [1.165, 1.54) is 12.3 Å². The summed E-state index contributed by atoms with van der Waals surface area (Å²) in [6.45, 7) is 5.62. The van der Waals surface area contributed by atoms with Gasteiger partial charge in [-0.1, -0.05) is 6.08 Å². The van der Waals surface area contributed by atoms with Crippen molar-refractivity contribution in [3.63, 3.8) is 0 Å². The maximum Gasteiger partial charge on any atom is 0.287 e. The van der Waals surface area contributed by atoms with Crippen LogP contribution in [0.3, 0.4) is 0 Å².